The van der Waals surface area contributed by atoms with Crippen molar-refractivity contribution < 1.29 is 35.6 Å². The van der Waals surface area contributed by atoms with Gasteiger partial charge in [-0.15, -0.1) is 0 Å². The first-order chi connectivity index (χ1) is 20.5. The molecule has 43 heavy (non-hydrogen) atoms. The second-order valence-electron chi connectivity index (χ2n) is 11.4. The number of aryl methyl sites for hydroxylation is 2. The number of likely N-dealkylation sites (tertiary alicyclic amines) is 1. The topological polar surface area (TPSA) is 123 Å². The Hall–Kier alpha value is -3.52. The maximum absolute atomic E-state index is 14.0. The van der Waals surface area contributed by atoms with E-state index in [1.165, 1.54) is 6.92 Å². The molecule has 5 heterocycles. The molecule has 2 amide bonds. The van der Waals surface area contributed by atoms with Crippen LogP contribution in [0.2, 0.25) is 0 Å². The summed E-state index contributed by atoms with van der Waals surface area (Å²) in [4.78, 5) is 55.5. The molecule has 3 aliphatic rings. The number of ketones is 1. The second kappa shape index (κ2) is 10.3. The zero-order valence-corrected chi connectivity index (χ0v) is 27.7. The van der Waals surface area contributed by atoms with Gasteiger partial charge in [-0.3, -0.25) is 0 Å². The molecule has 4 aromatic rings. The quantitative estimate of drug-likeness (QED) is 0.108. The van der Waals surface area contributed by atoms with Crippen molar-refractivity contribution in [2.24, 2.45) is 0 Å². The fourth-order valence-electron chi connectivity index (χ4n) is 6.07. The van der Waals surface area contributed by atoms with Crippen LogP contribution in [-0.4, -0.2) is 60.7 Å². The third-order valence-corrected chi connectivity index (χ3v) is 13.1. The van der Waals surface area contributed by atoms with Crippen LogP contribution in [0.4, 0.5) is 5.82 Å². The molecule has 2 fully saturated rings. The van der Waals surface area contributed by atoms with Crippen LogP contribution in [0.15, 0.2) is 41.1 Å². The Morgan fingerprint density at radius 2 is 1.98 bits per heavy atom. The van der Waals surface area contributed by atoms with Crippen molar-refractivity contribution in [1.82, 2.24) is 29.6 Å². The SMILES string of the molecule is CC(=O)c1nn(CC(=O)N2[C@H](C(=O)Nc3nc(Br)ccc3C)C[C@@]3(C)[I-][C@@H]23)c2cc3c(cc12)-c1cnc(C)nc1C=CC3. The number of allylic oxidation sites excluding steroid dienone is 1. The van der Waals surface area contributed by atoms with Gasteiger partial charge in [0.25, 0.3) is 0 Å². The van der Waals surface area contributed by atoms with E-state index in [0.717, 1.165) is 27.9 Å². The Labute approximate surface area is 266 Å². The van der Waals surface area contributed by atoms with Crippen LogP contribution in [-0.2, 0) is 22.6 Å². The molecular weight excluding hydrogens is 725 g/mol. The molecule has 3 atom stereocenters. The fourth-order valence-corrected chi connectivity index (χ4v) is 9.77. The van der Waals surface area contributed by atoms with E-state index in [1.54, 1.807) is 9.58 Å². The number of carbonyl (C=O) groups is 3. The summed E-state index contributed by atoms with van der Waals surface area (Å²) in [6.45, 7) is 7.34. The summed E-state index contributed by atoms with van der Waals surface area (Å²) in [5.74, 6) is 0.582. The van der Waals surface area contributed by atoms with Crippen molar-refractivity contribution in [3.05, 3.63) is 69.5 Å². The van der Waals surface area contributed by atoms with E-state index in [1.807, 2.05) is 50.4 Å². The summed E-state index contributed by atoms with van der Waals surface area (Å²) in [6.07, 6.45) is 7.18. The number of hydrogen-bond donors (Lipinski definition) is 1. The van der Waals surface area contributed by atoms with Crippen molar-refractivity contribution in [2.45, 2.75) is 60.6 Å². The number of nitrogens with one attached hydrogen (secondary N) is 1. The normalized spacial score (nSPS) is 21.8. The summed E-state index contributed by atoms with van der Waals surface area (Å²) >= 11 is 3.13. The number of alkyl halides is 2. The Kier molecular flexibility index (Phi) is 6.76. The van der Waals surface area contributed by atoms with Gasteiger partial charge < -0.3 is 0 Å². The number of halogens is 2. The number of rotatable bonds is 5. The molecule has 0 unspecified atom stereocenters. The summed E-state index contributed by atoms with van der Waals surface area (Å²) < 4.78 is 2.37. The van der Waals surface area contributed by atoms with Crippen LogP contribution in [0.5, 0.6) is 0 Å². The number of nitrogens with zero attached hydrogens (tertiary/aromatic N) is 6. The van der Waals surface area contributed by atoms with Crippen LogP contribution >= 0.6 is 15.9 Å². The third-order valence-electron chi connectivity index (χ3n) is 8.30. The molecule has 220 valence electrons. The average Bonchev–Trinajstić information content (AvgIpc) is 3.41. The Bertz CT molecular complexity index is 1920. The number of amides is 2. The number of anilines is 1. The van der Waals surface area contributed by atoms with E-state index < -0.39 is 6.04 Å². The van der Waals surface area contributed by atoms with Gasteiger partial charge in [-0.05, 0) is 6.92 Å². The molecule has 1 aliphatic carbocycles. The molecule has 1 N–H and O–H groups in total. The Balaban J connectivity index is 1.23. The zero-order valence-electron chi connectivity index (χ0n) is 24.0. The first kappa shape index (κ1) is 28.3. The third kappa shape index (κ3) is 4.88. The molecule has 12 heteroatoms. The second-order valence-corrected chi connectivity index (χ2v) is 16.5. The van der Waals surface area contributed by atoms with Crippen LogP contribution in [0.3, 0.4) is 0 Å². The minimum atomic E-state index is -0.591. The molecule has 0 saturated carbocycles. The summed E-state index contributed by atoms with van der Waals surface area (Å²) in [5.41, 5.74) is 5.58. The molecular formula is C31H28BrIN7O3-. The molecule has 3 aromatic heterocycles. The molecule has 2 aliphatic heterocycles. The molecule has 0 spiro atoms. The van der Waals surface area contributed by atoms with Gasteiger partial charge in [0, 0.05) is 0 Å². The fraction of sp³-hybridized carbons (Fsp3) is 0.323. The molecule has 1 aromatic carbocycles. The molecule has 2 saturated heterocycles. The predicted molar refractivity (Wildman–Crippen MR) is 161 cm³/mol. The molecule has 10 nitrogen and oxygen atoms in total. The minimum absolute atomic E-state index is 0.0183. The van der Waals surface area contributed by atoms with Crippen molar-refractivity contribution >= 4 is 56.3 Å². The van der Waals surface area contributed by atoms with E-state index in [-0.39, 0.29) is 52.8 Å². The number of pyridine rings is 1. The van der Waals surface area contributed by atoms with E-state index >= 15 is 0 Å². The number of hydrogen-bond acceptors (Lipinski definition) is 7. The van der Waals surface area contributed by atoms with E-state index in [4.69, 9.17) is 0 Å². The predicted octanol–water partition coefficient (Wildman–Crippen LogP) is 1.47. The first-order valence-electron chi connectivity index (χ1n) is 14.0. The maximum atomic E-state index is 14.0. The van der Waals surface area contributed by atoms with Gasteiger partial charge in [-0.25, -0.2) is 0 Å². The van der Waals surface area contributed by atoms with Crippen molar-refractivity contribution in [3.8, 4) is 11.1 Å². The van der Waals surface area contributed by atoms with Crippen LogP contribution < -0.4 is 26.5 Å². The van der Waals surface area contributed by atoms with Crippen LogP contribution in [0.25, 0.3) is 28.1 Å². The van der Waals surface area contributed by atoms with Gasteiger partial charge in [0.1, 0.15) is 5.82 Å². The van der Waals surface area contributed by atoms with E-state index in [0.29, 0.717) is 45.7 Å². The number of fused-ring (bicyclic) bond motifs is 5. The summed E-state index contributed by atoms with van der Waals surface area (Å²) in [6, 6.07) is 7.10. The Morgan fingerprint density at radius 1 is 1.16 bits per heavy atom. The zero-order chi connectivity index (χ0) is 30.2. The van der Waals surface area contributed by atoms with Gasteiger partial charge in [-0.1, -0.05) is 0 Å². The monoisotopic (exact) mass is 752 g/mol. The molecule has 0 bridgehead atoms. The van der Waals surface area contributed by atoms with Gasteiger partial charge in [0.2, 0.25) is 0 Å². The first-order valence-corrected chi connectivity index (χ1v) is 17.1. The van der Waals surface area contributed by atoms with Crippen molar-refractivity contribution in [1.29, 1.82) is 0 Å². The van der Waals surface area contributed by atoms with Gasteiger partial charge in [-0.2, -0.15) is 0 Å². The molecule has 7 rings (SSSR count). The molecule has 0 radical (unpaired) electrons. The van der Waals surface area contributed by atoms with Crippen LogP contribution in [0, 0.1) is 13.8 Å². The average molecular weight is 753 g/mol. The van der Waals surface area contributed by atoms with E-state index in [2.05, 4.69) is 54.3 Å². The van der Waals surface area contributed by atoms with E-state index in [9.17, 15) is 14.4 Å². The summed E-state index contributed by atoms with van der Waals surface area (Å²) in [5, 5.41) is 8.28. The Morgan fingerprint density at radius 3 is 2.77 bits per heavy atom. The number of benzene rings is 1. The van der Waals surface area contributed by atoms with Gasteiger partial charge in [0.15, 0.2) is 0 Å². The number of aromatic nitrogens is 5. The number of carbonyl (C=O) groups excluding carboxylic acids is 3. The summed E-state index contributed by atoms with van der Waals surface area (Å²) in [7, 11) is 0. The van der Waals surface area contributed by atoms with Gasteiger partial charge >= 0.3 is 255 Å². The van der Waals surface area contributed by atoms with Crippen molar-refractivity contribution in [3.63, 3.8) is 0 Å². The number of Topliss-reactive ketones (excluding diaryl/α,β-unsaturated/α-hetero) is 1. The van der Waals surface area contributed by atoms with Crippen LogP contribution in [0.1, 0.15) is 53.4 Å². The van der Waals surface area contributed by atoms with Gasteiger partial charge in [0.05, 0.1) is 0 Å². The standard InChI is InChI=1S/C31H28BrIN7O3/c1-15-8-9-25(32)36-28(15)37-29(43)24-12-31(4)30(33-31)40(24)26(42)14-39-23-10-18-6-5-7-22-21(13-34-17(3)35-22)19(18)11-20(23)27(38-39)16(2)41/h5,7-11,13,24,30H,6,12,14H2,1-4H3,(H,36,37,43)/q-1/t24-,30-,31+/m0/s1. The van der Waals surface area contributed by atoms with Crippen molar-refractivity contribution in [2.75, 3.05) is 5.32 Å².